The van der Waals surface area contributed by atoms with Crippen molar-refractivity contribution in [2.75, 3.05) is 0 Å². The number of aliphatic hydroxyl groups is 1. The average molecular weight is 568 g/mol. The lowest BCUT2D eigenvalue weighted by Gasteiger charge is -2.35. The van der Waals surface area contributed by atoms with E-state index in [1.165, 1.54) is 55.4 Å². The number of aryl methyl sites for hydroxylation is 1. The number of aromatic nitrogens is 4. The average Bonchev–Trinajstić information content (AvgIpc) is 3.49. The van der Waals surface area contributed by atoms with Gasteiger partial charge in [0.15, 0.2) is 0 Å². The van der Waals surface area contributed by atoms with Gasteiger partial charge in [0.05, 0.1) is 23.2 Å². The number of amides is 1. The molecule has 2 aromatic carbocycles. The number of thiazole rings is 1. The number of nitrogens with one attached hydrogen (secondary N) is 1. The summed E-state index contributed by atoms with van der Waals surface area (Å²) in [5, 5.41) is 18.5. The summed E-state index contributed by atoms with van der Waals surface area (Å²) in [6.45, 7) is 2.58. The molecule has 194 valence electrons. The summed E-state index contributed by atoms with van der Waals surface area (Å²) in [6.07, 6.45) is 2.51. The van der Waals surface area contributed by atoms with Gasteiger partial charge in [-0.25, -0.2) is 31.8 Å². The third-order valence-electron chi connectivity index (χ3n) is 5.67. The molecule has 4 aromatic rings. The van der Waals surface area contributed by atoms with Crippen molar-refractivity contribution < 1.29 is 27.1 Å². The molecule has 0 unspecified atom stereocenters. The number of benzene rings is 2. The van der Waals surface area contributed by atoms with E-state index in [0.717, 1.165) is 12.1 Å². The highest BCUT2D eigenvalue weighted by atomic mass is 35.5. The predicted octanol–water partition coefficient (Wildman–Crippen LogP) is 3.51. The van der Waals surface area contributed by atoms with Gasteiger partial charge in [0.25, 0.3) is 5.91 Å². The van der Waals surface area contributed by atoms with Crippen molar-refractivity contribution in [2.45, 2.75) is 41.3 Å². The van der Waals surface area contributed by atoms with E-state index in [-0.39, 0.29) is 31.9 Å². The quantitative estimate of drug-likeness (QED) is 0.333. The van der Waals surface area contributed by atoms with Crippen LogP contribution >= 0.6 is 22.9 Å². The Morgan fingerprint density at radius 3 is 2.57 bits per heavy atom. The number of hydrogen-bond donors (Lipinski definition) is 2. The molecule has 0 aliphatic heterocycles. The number of nitrogens with zero attached hydrogens (tertiary/aromatic N) is 4. The zero-order chi connectivity index (χ0) is 27.0. The van der Waals surface area contributed by atoms with Crippen molar-refractivity contribution in [1.29, 1.82) is 0 Å². The van der Waals surface area contributed by atoms with Gasteiger partial charge in [0, 0.05) is 16.7 Å². The van der Waals surface area contributed by atoms with Crippen LogP contribution in [0.2, 0.25) is 5.02 Å². The Morgan fingerprint density at radius 1 is 1.24 bits per heavy atom. The van der Waals surface area contributed by atoms with E-state index < -0.39 is 39.0 Å². The van der Waals surface area contributed by atoms with E-state index in [0.29, 0.717) is 22.4 Å². The molecule has 2 heterocycles. The SMILES string of the molecule is Cc1nc(S(=O)(=O)c2ccc(Cl)cc2)sc1C(=O)N[C@H](C)[C@](O)(Cn1cncn1)c1ccc(F)cc1F. The highest BCUT2D eigenvalue weighted by Gasteiger charge is 2.40. The first-order valence-corrected chi connectivity index (χ1v) is 13.4. The molecule has 9 nitrogen and oxygen atoms in total. The maximum absolute atomic E-state index is 14.7. The van der Waals surface area contributed by atoms with Gasteiger partial charge in [-0.2, -0.15) is 5.10 Å². The fourth-order valence-electron chi connectivity index (χ4n) is 3.65. The zero-order valence-electron chi connectivity index (χ0n) is 19.4. The molecule has 0 radical (unpaired) electrons. The highest BCUT2D eigenvalue weighted by molar-refractivity contribution is 7.93. The van der Waals surface area contributed by atoms with Crippen LogP contribution in [0.3, 0.4) is 0 Å². The van der Waals surface area contributed by atoms with Crippen molar-refractivity contribution in [3.63, 3.8) is 0 Å². The van der Waals surface area contributed by atoms with Crippen LogP contribution in [0.1, 0.15) is 27.9 Å². The first-order chi connectivity index (χ1) is 17.4. The molecule has 0 fully saturated rings. The summed E-state index contributed by atoms with van der Waals surface area (Å²) in [5.74, 6) is -2.59. The Kier molecular flexibility index (Phi) is 7.42. The van der Waals surface area contributed by atoms with Crippen LogP contribution in [0, 0.1) is 18.6 Å². The normalized spacial score (nSPS) is 14.2. The second kappa shape index (κ2) is 10.2. The Balaban J connectivity index is 1.64. The van der Waals surface area contributed by atoms with E-state index >= 15 is 0 Å². The van der Waals surface area contributed by atoms with Crippen LogP contribution in [-0.4, -0.2) is 45.2 Å². The number of rotatable bonds is 8. The molecule has 2 N–H and O–H groups in total. The summed E-state index contributed by atoms with van der Waals surface area (Å²) >= 11 is 6.49. The van der Waals surface area contributed by atoms with Crippen LogP contribution in [-0.2, 0) is 22.0 Å². The molecule has 4 rings (SSSR count). The molecular weight excluding hydrogens is 548 g/mol. The highest BCUT2D eigenvalue weighted by Crippen LogP contribution is 2.32. The van der Waals surface area contributed by atoms with Crippen molar-refractivity contribution in [1.82, 2.24) is 25.1 Å². The van der Waals surface area contributed by atoms with E-state index in [1.807, 2.05) is 0 Å². The minimum absolute atomic E-state index is 0.0120. The summed E-state index contributed by atoms with van der Waals surface area (Å²) in [5.41, 5.74) is -2.21. The molecule has 0 aliphatic carbocycles. The largest absolute Gasteiger partial charge is 0.381 e. The van der Waals surface area contributed by atoms with Crippen molar-refractivity contribution in [2.24, 2.45) is 0 Å². The minimum Gasteiger partial charge on any atom is -0.381 e. The predicted molar refractivity (Wildman–Crippen MR) is 131 cm³/mol. The first-order valence-electron chi connectivity index (χ1n) is 10.7. The van der Waals surface area contributed by atoms with Crippen LogP contribution in [0.4, 0.5) is 8.78 Å². The van der Waals surface area contributed by atoms with Crippen molar-refractivity contribution >= 4 is 38.7 Å². The molecule has 14 heteroatoms. The van der Waals surface area contributed by atoms with Crippen molar-refractivity contribution in [3.8, 4) is 0 Å². The van der Waals surface area contributed by atoms with Gasteiger partial charge in [0.2, 0.25) is 14.2 Å². The lowest BCUT2D eigenvalue weighted by atomic mass is 9.86. The molecule has 2 aromatic heterocycles. The lowest BCUT2D eigenvalue weighted by molar-refractivity contribution is -0.0185. The molecule has 0 aliphatic rings. The lowest BCUT2D eigenvalue weighted by Crippen LogP contribution is -2.51. The van der Waals surface area contributed by atoms with Gasteiger partial charge in [-0.05, 0) is 44.2 Å². The summed E-state index contributed by atoms with van der Waals surface area (Å²) in [7, 11) is -4.02. The van der Waals surface area contributed by atoms with Crippen LogP contribution in [0.5, 0.6) is 0 Å². The number of halogens is 3. The smallest absolute Gasteiger partial charge is 0.263 e. The number of sulfone groups is 1. The molecular formula is C23H20ClF2N5O4S2. The fourth-order valence-corrected chi connectivity index (χ4v) is 6.41. The van der Waals surface area contributed by atoms with Crippen LogP contribution in [0.15, 0.2) is 64.4 Å². The van der Waals surface area contributed by atoms with Crippen LogP contribution < -0.4 is 5.32 Å². The van der Waals surface area contributed by atoms with E-state index in [4.69, 9.17) is 11.6 Å². The van der Waals surface area contributed by atoms with Gasteiger partial charge in [-0.1, -0.05) is 29.0 Å². The second-order valence-electron chi connectivity index (χ2n) is 8.19. The molecule has 1 amide bonds. The summed E-state index contributed by atoms with van der Waals surface area (Å²) in [4.78, 5) is 21.0. The topological polar surface area (TPSA) is 127 Å². The molecule has 0 saturated carbocycles. The molecule has 0 saturated heterocycles. The van der Waals surface area contributed by atoms with Gasteiger partial charge >= 0.3 is 0 Å². The molecule has 37 heavy (non-hydrogen) atoms. The Bertz CT molecular complexity index is 1550. The maximum atomic E-state index is 14.7. The van der Waals surface area contributed by atoms with E-state index in [9.17, 15) is 27.1 Å². The minimum atomic E-state index is -4.02. The number of hydrogen-bond acceptors (Lipinski definition) is 8. The van der Waals surface area contributed by atoms with Gasteiger partial charge in [0.1, 0.15) is 34.8 Å². The third kappa shape index (κ3) is 5.39. The second-order valence-corrected chi connectivity index (χ2v) is 11.7. The number of carbonyl (C=O) groups excluding carboxylic acids is 1. The Hall–Kier alpha value is -3.26. The summed E-state index contributed by atoms with van der Waals surface area (Å²) < 4.78 is 55.2. The van der Waals surface area contributed by atoms with Crippen molar-refractivity contribution in [3.05, 3.63) is 87.9 Å². The monoisotopic (exact) mass is 567 g/mol. The first kappa shape index (κ1) is 26.8. The van der Waals surface area contributed by atoms with E-state index in [2.05, 4.69) is 20.4 Å². The van der Waals surface area contributed by atoms with Gasteiger partial charge in [-0.3, -0.25) is 4.79 Å². The number of carbonyl (C=O) groups is 1. The fraction of sp³-hybridized carbons (Fsp3) is 0.217. The molecule has 2 atom stereocenters. The van der Waals surface area contributed by atoms with Gasteiger partial charge in [-0.15, -0.1) is 0 Å². The Labute approximate surface area is 219 Å². The zero-order valence-corrected chi connectivity index (χ0v) is 21.8. The standard InChI is InChI=1S/C23H20ClF2N5O4S2/c1-13-20(36-22(29-13)37(34,35)17-6-3-15(24)4-7-17)21(32)30-14(2)23(33,10-31-12-27-11-28-31)18-8-5-16(25)9-19(18)26/h3-9,11-12,14,33H,10H2,1-2H3,(H,30,32)/t14-,23-/m1/s1. The van der Waals surface area contributed by atoms with Crippen LogP contribution in [0.25, 0.3) is 0 Å². The summed E-state index contributed by atoms with van der Waals surface area (Å²) in [6, 6.07) is 7.05. The third-order valence-corrected chi connectivity index (χ3v) is 9.22. The molecule has 0 bridgehead atoms. The van der Waals surface area contributed by atoms with E-state index in [1.54, 1.807) is 0 Å². The maximum Gasteiger partial charge on any atom is 0.263 e. The Morgan fingerprint density at radius 2 is 1.95 bits per heavy atom. The van der Waals surface area contributed by atoms with Gasteiger partial charge < -0.3 is 10.4 Å². The molecule has 0 spiro atoms.